The summed E-state index contributed by atoms with van der Waals surface area (Å²) in [5.41, 5.74) is 1.19. The molecule has 0 aliphatic rings. The maximum atomic E-state index is 5.71. The van der Waals surface area contributed by atoms with Crippen LogP contribution in [-0.4, -0.2) is 11.5 Å². The monoisotopic (exact) mass is 212 g/mol. The maximum absolute atomic E-state index is 5.71. The molecule has 0 fully saturated rings. The van der Waals surface area contributed by atoms with E-state index in [-0.39, 0.29) is 0 Å². The molecule has 0 aromatic carbocycles. The van der Waals surface area contributed by atoms with E-state index in [0.29, 0.717) is 11.2 Å². The van der Waals surface area contributed by atoms with Crippen LogP contribution in [0.1, 0.15) is 38.3 Å². The highest BCUT2D eigenvalue weighted by molar-refractivity contribution is 6.29. The molecule has 3 heteroatoms. The zero-order valence-corrected chi connectivity index (χ0v) is 9.51. The van der Waals surface area contributed by atoms with E-state index >= 15 is 0 Å². The van der Waals surface area contributed by atoms with E-state index in [9.17, 15) is 0 Å². The summed E-state index contributed by atoms with van der Waals surface area (Å²) in [5.74, 6) is 0. The quantitative estimate of drug-likeness (QED) is 0.599. The van der Waals surface area contributed by atoms with Gasteiger partial charge in [0.2, 0.25) is 0 Å². The molecule has 2 nitrogen and oxygen atoms in total. The van der Waals surface area contributed by atoms with E-state index in [0.717, 1.165) is 6.54 Å². The minimum atomic E-state index is 0.353. The Morgan fingerprint density at radius 2 is 2.29 bits per heavy atom. The number of hydrogen-bond acceptors (Lipinski definition) is 2. The molecular weight excluding hydrogens is 196 g/mol. The summed E-state index contributed by atoms with van der Waals surface area (Å²) in [4.78, 5) is 4.05. The maximum Gasteiger partial charge on any atom is 0.129 e. The molecule has 0 aliphatic heterocycles. The van der Waals surface area contributed by atoms with Crippen molar-refractivity contribution in [2.24, 2.45) is 0 Å². The van der Waals surface area contributed by atoms with Gasteiger partial charge in [-0.25, -0.2) is 4.98 Å². The molecule has 78 valence electrons. The van der Waals surface area contributed by atoms with Gasteiger partial charge in [-0.15, -0.1) is 0 Å². The molecule has 1 rings (SSSR count). The second-order valence-electron chi connectivity index (χ2n) is 3.44. The fraction of sp³-hybridized carbons (Fsp3) is 0.545. The molecule has 1 aromatic heterocycles. The van der Waals surface area contributed by atoms with E-state index in [4.69, 9.17) is 11.6 Å². The third-order valence-corrected chi connectivity index (χ3v) is 2.45. The van der Waals surface area contributed by atoms with Crippen LogP contribution in [-0.2, 0) is 0 Å². The predicted molar refractivity (Wildman–Crippen MR) is 60.6 cm³/mol. The normalized spacial score (nSPS) is 12.8. The van der Waals surface area contributed by atoms with Gasteiger partial charge in [0.1, 0.15) is 5.15 Å². The Morgan fingerprint density at radius 1 is 1.50 bits per heavy atom. The average molecular weight is 213 g/mol. The zero-order valence-electron chi connectivity index (χ0n) is 8.76. The Kier molecular flexibility index (Phi) is 4.91. The van der Waals surface area contributed by atoms with Crippen molar-refractivity contribution in [2.75, 3.05) is 6.54 Å². The topological polar surface area (TPSA) is 24.9 Å². The van der Waals surface area contributed by atoms with Gasteiger partial charge in [0.15, 0.2) is 0 Å². The van der Waals surface area contributed by atoms with Crippen molar-refractivity contribution in [1.29, 1.82) is 0 Å². The molecule has 1 N–H and O–H groups in total. The summed E-state index contributed by atoms with van der Waals surface area (Å²) < 4.78 is 0. The van der Waals surface area contributed by atoms with Crippen molar-refractivity contribution in [1.82, 2.24) is 10.3 Å². The number of pyridine rings is 1. The van der Waals surface area contributed by atoms with E-state index in [1.54, 1.807) is 0 Å². The predicted octanol–water partition coefficient (Wildman–Crippen LogP) is 3.19. The van der Waals surface area contributed by atoms with Crippen LogP contribution >= 0.6 is 11.6 Å². The lowest BCUT2D eigenvalue weighted by atomic mass is 10.1. The first-order valence-corrected chi connectivity index (χ1v) is 5.46. The average Bonchev–Trinajstić information content (AvgIpc) is 2.19. The van der Waals surface area contributed by atoms with E-state index in [2.05, 4.69) is 24.1 Å². The highest BCUT2D eigenvalue weighted by Crippen LogP contribution is 2.13. The fourth-order valence-corrected chi connectivity index (χ4v) is 1.37. The minimum Gasteiger partial charge on any atom is -0.310 e. The first-order chi connectivity index (χ1) is 6.74. The van der Waals surface area contributed by atoms with Crippen molar-refractivity contribution < 1.29 is 0 Å². The number of unbranched alkanes of at least 4 members (excludes halogenated alkanes) is 1. The third-order valence-electron chi connectivity index (χ3n) is 2.23. The van der Waals surface area contributed by atoms with Crippen LogP contribution in [0.2, 0.25) is 5.15 Å². The van der Waals surface area contributed by atoms with Gasteiger partial charge in [0, 0.05) is 12.2 Å². The second-order valence-corrected chi connectivity index (χ2v) is 3.83. The lowest BCUT2D eigenvalue weighted by molar-refractivity contribution is 0.553. The van der Waals surface area contributed by atoms with Gasteiger partial charge in [0.05, 0.1) is 0 Å². The zero-order chi connectivity index (χ0) is 10.4. The summed E-state index contributed by atoms with van der Waals surface area (Å²) in [6.45, 7) is 5.39. The van der Waals surface area contributed by atoms with Crippen molar-refractivity contribution in [3.8, 4) is 0 Å². The Bertz CT molecular complexity index is 258. The van der Waals surface area contributed by atoms with Crippen molar-refractivity contribution >= 4 is 11.6 Å². The van der Waals surface area contributed by atoms with Crippen LogP contribution in [0.4, 0.5) is 0 Å². The fourth-order valence-electron chi connectivity index (χ4n) is 1.26. The van der Waals surface area contributed by atoms with Gasteiger partial charge < -0.3 is 5.32 Å². The van der Waals surface area contributed by atoms with Gasteiger partial charge in [-0.1, -0.05) is 31.0 Å². The summed E-state index contributed by atoms with van der Waals surface area (Å²) in [6, 6.07) is 4.19. The Morgan fingerprint density at radius 3 is 2.86 bits per heavy atom. The molecule has 0 bridgehead atoms. The Hall–Kier alpha value is -0.600. The Balaban J connectivity index is 2.43. The minimum absolute atomic E-state index is 0.353. The number of nitrogens with zero attached hydrogens (tertiary/aromatic N) is 1. The largest absolute Gasteiger partial charge is 0.310 e. The number of halogens is 1. The van der Waals surface area contributed by atoms with Crippen molar-refractivity contribution in [3.63, 3.8) is 0 Å². The smallest absolute Gasteiger partial charge is 0.129 e. The van der Waals surface area contributed by atoms with Crippen molar-refractivity contribution in [2.45, 2.75) is 32.7 Å². The lowest BCUT2D eigenvalue weighted by Gasteiger charge is -2.13. The van der Waals surface area contributed by atoms with Crippen LogP contribution in [0.3, 0.4) is 0 Å². The molecule has 1 heterocycles. The first kappa shape index (κ1) is 11.5. The SMILES string of the molecule is CCCCNC(C)c1ccc(Cl)nc1. The number of aromatic nitrogens is 1. The molecule has 0 amide bonds. The summed E-state index contributed by atoms with van der Waals surface area (Å²) >= 11 is 5.71. The number of nitrogens with one attached hydrogen (secondary N) is 1. The van der Waals surface area contributed by atoms with Crippen LogP contribution in [0.25, 0.3) is 0 Å². The van der Waals surface area contributed by atoms with Gasteiger partial charge in [-0.2, -0.15) is 0 Å². The Labute approximate surface area is 90.7 Å². The lowest BCUT2D eigenvalue weighted by Crippen LogP contribution is -2.19. The highest BCUT2D eigenvalue weighted by Gasteiger charge is 2.03. The molecule has 0 radical (unpaired) electrons. The molecule has 0 saturated heterocycles. The van der Waals surface area contributed by atoms with E-state index < -0.39 is 0 Å². The van der Waals surface area contributed by atoms with Gasteiger partial charge >= 0.3 is 0 Å². The number of rotatable bonds is 5. The third kappa shape index (κ3) is 3.64. The molecule has 0 aliphatic carbocycles. The highest BCUT2D eigenvalue weighted by atomic mass is 35.5. The molecule has 0 saturated carbocycles. The van der Waals surface area contributed by atoms with Crippen LogP contribution < -0.4 is 5.32 Å². The molecular formula is C11H17ClN2. The summed E-state index contributed by atoms with van der Waals surface area (Å²) in [5, 5.41) is 3.99. The van der Waals surface area contributed by atoms with Crippen LogP contribution in [0, 0.1) is 0 Å². The molecule has 1 atom stereocenters. The van der Waals surface area contributed by atoms with Gasteiger partial charge in [0.25, 0.3) is 0 Å². The molecule has 1 aromatic rings. The standard InChI is InChI=1S/C11H17ClN2/c1-3-4-7-13-9(2)10-5-6-11(12)14-8-10/h5-6,8-9,13H,3-4,7H2,1-2H3. The van der Waals surface area contributed by atoms with Crippen molar-refractivity contribution in [3.05, 3.63) is 29.0 Å². The second kappa shape index (κ2) is 5.99. The van der Waals surface area contributed by atoms with Crippen LogP contribution in [0.15, 0.2) is 18.3 Å². The van der Waals surface area contributed by atoms with E-state index in [1.807, 2.05) is 18.3 Å². The van der Waals surface area contributed by atoms with Gasteiger partial charge in [-0.3, -0.25) is 0 Å². The van der Waals surface area contributed by atoms with Gasteiger partial charge in [-0.05, 0) is 31.5 Å². The molecule has 14 heavy (non-hydrogen) atoms. The molecule has 0 spiro atoms. The van der Waals surface area contributed by atoms with Crippen LogP contribution in [0.5, 0.6) is 0 Å². The molecule has 1 unspecified atom stereocenters. The summed E-state index contributed by atoms with van der Waals surface area (Å²) in [6.07, 6.45) is 4.26. The number of hydrogen-bond donors (Lipinski definition) is 1. The first-order valence-electron chi connectivity index (χ1n) is 5.09. The summed E-state index contributed by atoms with van der Waals surface area (Å²) in [7, 11) is 0. The van der Waals surface area contributed by atoms with E-state index in [1.165, 1.54) is 18.4 Å².